The Balaban J connectivity index is 2.05. The number of carbonyl (C=O) groups excluding carboxylic acids is 2. The van der Waals surface area contributed by atoms with Gasteiger partial charge in [-0.25, -0.2) is 18.2 Å². The molecule has 3 N–H and O–H groups in total. The van der Waals surface area contributed by atoms with Gasteiger partial charge in [-0.05, 0) is 52.2 Å². The van der Waals surface area contributed by atoms with Gasteiger partial charge in [-0.2, -0.15) is 4.31 Å². The van der Waals surface area contributed by atoms with Crippen LogP contribution >= 0.6 is 0 Å². The number of nitrogens with one attached hydrogen (secondary N) is 2. The topological polar surface area (TPSA) is 138 Å². The van der Waals surface area contributed by atoms with Crippen molar-refractivity contribution in [2.45, 2.75) is 88.6 Å². The number of aliphatic hydroxyl groups excluding tert-OH is 1. The molecule has 2 heterocycles. The van der Waals surface area contributed by atoms with E-state index in [1.807, 2.05) is 6.92 Å². The van der Waals surface area contributed by atoms with Crippen molar-refractivity contribution in [3.05, 3.63) is 24.4 Å². The molecule has 10 nitrogen and oxygen atoms in total. The standard InChI is InChI=1S/C22H36N4O6S/c1-5-6-10-17(25-21(29)32-22(2,3)4)20(28)24-16-11-9-14-26(15-18(16)27)33(30,31)19-12-7-8-13-23-19/h7-8,12-13,16-18,27H,5-6,9-11,14-15H2,1-4H3,(H,24,28)(H,25,29)/t16?,17?,18-/m0/s1. The maximum atomic E-state index is 12.9. The fourth-order valence-corrected chi connectivity index (χ4v) is 4.96. The molecule has 33 heavy (non-hydrogen) atoms. The number of aliphatic hydroxyl groups is 1. The highest BCUT2D eigenvalue weighted by atomic mass is 32.2. The summed E-state index contributed by atoms with van der Waals surface area (Å²) >= 11 is 0. The van der Waals surface area contributed by atoms with E-state index in [2.05, 4.69) is 15.6 Å². The smallest absolute Gasteiger partial charge is 0.408 e. The Morgan fingerprint density at radius 1 is 1.33 bits per heavy atom. The summed E-state index contributed by atoms with van der Waals surface area (Å²) < 4.78 is 32.2. The fraction of sp³-hybridized carbons (Fsp3) is 0.682. The second kappa shape index (κ2) is 11.8. The van der Waals surface area contributed by atoms with E-state index in [1.165, 1.54) is 16.6 Å². The zero-order valence-electron chi connectivity index (χ0n) is 19.8. The number of hydrogen-bond acceptors (Lipinski definition) is 7. The number of sulfonamides is 1. The van der Waals surface area contributed by atoms with Crippen molar-refractivity contribution in [2.75, 3.05) is 13.1 Å². The van der Waals surface area contributed by atoms with Crippen molar-refractivity contribution in [3.8, 4) is 0 Å². The van der Waals surface area contributed by atoms with Gasteiger partial charge in [0.05, 0.1) is 12.1 Å². The highest BCUT2D eigenvalue weighted by Gasteiger charge is 2.35. The van der Waals surface area contributed by atoms with E-state index in [1.54, 1.807) is 32.9 Å². The third-order valence-corrected chi connectivity index (χ3v) is 6.98. The molecule has 1 aromatic rings. The molecule has 1 saturated heterocycles. The van der Waals surface area contributed by atoms with Crippen LogP contribution in [0.5, 0.6) is 0 Å². The molecule has 3 atom stereocenters. The van der Waals surface area contributed by atoms with E-state index in [0.29, 0.717) is 19.3 Å². The van der Waals surface area contributed by atoms with Crippen molar-refractivity contribution in [1.29, 1.82) is 0 Å². The zero-order chi connectivity index (χ0) is 24.6. The molecule has 11 heteroatoms. The SMILES string of the molecule is CCCCC(NC(=O)OC(C)(C)C)C(=O)NC1CCCN(S(=O)(=O)c2ccccn2)C[C@@H]1O. The number of carbonyl (C=O) groups is 2. The summed E-state index contributed by atoms with van der Waals surface area (Å²) in [5.74, 6) is -0.431. The summed E-state index contributed by atoms with van der Waals surface area (Å²) in [6, 6.07) is 3.16. The van der Waals surface area contributed by atoms with Gasteiger partial charge in [0.15, 0.2) is 5.03 Å². The molecule has 186 valence electrons. The van der Waals surface area contributed by atoms with Gasteiger partial charge in [-0.1, -0.05) is 25.8 Å². The Morgan fingerprint density at radius 3 is 2.67 bits per heavy atom. The van der Waals surface area contributed by atoms with Crippen molar-refractivity contribution < 1.29 is 27.9 Å². The van der Waals surface area contributed by atoms with Crippen LogP contribution in [0.15, 0.2) is 29.4 Å². The lowest BCUT2D eigenvalue weighted by molar-refractivity contribution is -0.125. The van der Waals surface area contributed by atoms with E-state index in [9.17, 15) is 23.1 Å². The highest BCUT2D eigenvalue weighted by Crippen LogP contribution is 2.20. The minimum absolute atomic E-state index is 0.0825. The molecule has 1 aromatic heterocycles. The first-order valence-electron chi connectivity index (χ1n) is 11.3. The normalized spacial score (nSPS) is 21.0. The summed E-state index contributed by atoms with van der Waals surface area (Å²) in [5.41, 5.74) is -0.699. The average Bonchev–Trinajstić information content (AvgIpc) is 2.92. The second-order valence-electron chi connectivity index (χ2n) is 9.20. The molecule has 0 saturated carbocycles. The number of β-amino-alcohol motifs (C(OH)–C–C–N with tert-alkyl or cyclic N) is 1. The van der Waals surface area contributed by atoms with Crippen molar-refractivity contribution in [1.82, 2.24) is 19.9 Å². The van der Waals surface area contributed by atoms with Crippen LogP contribution in [-0.2, 0) is 19.6 Å². The molecular formula is C22H36N4O6S. The summed E-state index contributed by atoms with van der Waals surface area (Å²) in [6.45, 7) is 7.23. The predicted octanol–water partition coefficient (Wildman–Crippen LogP) is 1.80. The molecule has 2 unspecified atom stereocenters. The van der Waals surface area contributed by atoms with Gasteiger partial charge in [-0.3, -0.25) is 4.79 Å². The Kier molecular flexibility index (Phi) is 9.62. The van der Waals surface area contributed by atoms with Gasteiger partial charge in [0, 0.05) is 19.3 Å². The van der Waals surface area contributed by atoms with Crippen LogP contribution in [0, 0.1) is 0 Å². The van der Waals surface area contributed by atoms with Crippen LogP contribution in [0.2, 0.25) is 0 Å². The van der Waals surface area contributed by atoms with Crippen LogP contribution in [-0.4, -0.2) is 71.7 Å². The van der Waals surface area contributed by atoms with E-state index in [4.69, 9.17) is 4.74 Å². The van der Waals surface area contributed by atoms with E-state index >= 15 is 0 Å². The first kappa shape index (κ1) is 27.0. The molecule has 1 fully saturated rings. The first-order valence-corrected chi connectivity index (χ1v) is 12.8. The maximum Gasteiger partial charge on any atom is 0.408 e. The summed E-state index contributed by atoms with van der Waals surface area (Å²) in [7, 11) is -3.86. The van der Waals surface area contributed by atoms with Crippen LogP contribution in [0.4, 0.5) is 4.79 Å². The van der Waals surface area contributed by atoms with Crippen LogP contribution in [0.1, 0.15) is 59.8 Å². The zero-order valence-corrected chi connectivity index (χ0v) is 20.6. The average molecular weight is 485 g/mol. The monoisotopic (exact) mass is 484 g/mol. The van der Waals surface area contributed by atoms with Gasteiger partial charge in [0.1, 0.15) is 11.6 Å². The number of ether oxygens (including phenoxy) is 1. The lowest BCUT2D eigenvalue weighted by atomic mass is 10.0. The van der Waals surface area contributed by atoms with Gasteiger partial charge in [-0.15, -0.1) is 0 Å². The number of amides is 2. The third-order valence-electron chi connectivity index (χ3n) is 5.20. The summed E-state index contributed by atoms with van der Waals surface area (Å²) in [6.07, 6.45) is 2.43. The number of aromatic nitrogens is 1. The molecule has 0 aliphatic carbocycles. The Bertz CT molecular complexity index is 888. The maximum absolute atomic E-state index is 12.9. The number of hydrogen-bond donors (Lipinski definition) is 3. The molecule has 0 bridgehead atoms. The second-order valence-corrected chi connectivity index (χ2v) is 11.1. The quantitative estimate of drug-likeness (QED) is 0.511. The molecular weight excluding hydrogens is 448 g/mol. The van der Waals surface area contributed by atoms with Crippen LogP contribution in [0.25, 0.3) is 0 Å². The number of unbranched alkanes of at least 4 members (excludes halogenated alkanes) is 1. The van der Waals surface area contributed by atoms with Gasteiger partial charge in [0.25, 0.3) is 10.0 Å². The Labute approximate surface area is 196 Å². The molecule has 2 amide bonds. The summed E-state index contributed by atoms with van der Waals surface area (Å²) in [5, 5.41) is 16.0. The minimum atomic E-state index is -3.86. The Hall–Kier alpha value is -2.24. The summed E-state index contributed by atoms with van der Waals surface area (Å²) in [4.78, 5) is 29.1. The predicted molar refractivity (Wildman–Crippen MR) is 123 cm³/mol. The van der Waals surface area contributed by atoms with Gasteiger partial charge < -0.3 is 20.5 Å². The number of rotatable bonds is 8. The fourth-order valence-electron chi connectivity index (χ4n) is 3.54. The molecule has 0 radical (unpaired) electrons. The van der Waals surface area contributed by atoms with E-state index < -0.39 is 45.8 Å². The van der Waals surface area contributed by atoms with E-state index in [0.717, 1.165) is 12.8 Å². The number of nitrogens with zero attached hydrogens (tertiary/aromatic N) is 2. The number of pyridine rings is 1. The van der Waals surface area contributed by atoms with Crippen LogP contribution < -0.4 is 10.6 Å². The van der Waals surface area contributed by atoms with Gasteiger partial charge >= 0.3 is 6.09 Å². The van der Waals surface area contributed by atoms with Crippen LogP contribution in [0.3, 0.4) is 0 Å². The van der Waals surface area contributed by atoms with Crippen molar-refractivity contribution in [3.63, 3.8) is 0 Å². The molecule has 1 aliphatic heterocycles. The minimum Gasteiger partial charge on any atom is -0.444 e. The first-order chi connectivity index (χ1) is 15.4. The van der Waals surface area contributed by atoms with Crippen molar-refractivity contribution in [2.24, 2.45) is 0 Å². The lowest BCUT2D eigenvalue weighted by Gasteiger charge is -2.27. The number of alkyl carbamates (subject to hydrolysis) is 1. The molecule has 2 rings (SSSR count). The van der Waals surface area contributed by atoms with Crippen molar-refractivity contribution >= 4 is 22.0 Å². The molecule has 1 aliphatic rings. The van der Waals surface area contributed by atoms with Gasteiger partial charge in [0.2, 0.25) is 5.91 Å². The largest absolute Gasteiger partial charge is 0.444 e. The molecule has 0 aromatic carbocycles. The van der Waals surface area contributed by atoms with E-state index in [-0.39, 0.29) is 18.1 Å². The lowest BCUT2D eigenvalue weighted by Crippen LogP contribution is -2.54. The third kappa shape index (κ3) is 8.24. The molecule has 0 spiro atoms. The highest BCUT2D eigenvalue weighted by molar-refractivity contribution is 7.89. The Morgan fingerprint density at radius 2 is 2.06 bits per heavy atom.